The van der Waals surface area contributed by atoms with E-state index in [2.05, 4.69) is 9.88 Å². The second-order valence-corrected chi connectivity index (χ2v) is 6.21. The van der Waals surface area contributed by atoms with Crippen molar-refractivity contribution in [2.24, 2.45) is 0 Å². The summed E-state index contributed by atoms with van der Waals surface area (Å²) in [6.07, 6.45) is 2.28. The summed E-state index contributed by atoms with van der Waals surface area (Å²) in [4.78, 5) is 11.4. The van der Waals surface area contributed by atoms with Crippen LogP contribution in [0.4, 0.5) is 11.5 Å². The highest BCUT2D eigenvalue weighted by Crippen LogP contribution is 2.34. The SMILES string of the molecule is Nc1ccc(-c2nc(Cl)cc(N3C4CCC3COC4)n2)cc1. The predicted molar refractivity (Wildman–Crippen MR) is 87.0 cm³/mol. The van der Waals surface area contributed by atoms with Gasteiger partial charge in [-0.15, -0.1) is 0 Å². The number of aromatic nitrogens is 2. The van der Waals surface area contributed by atoms with Crippen molar-refractivity contribution in [3.63, 3.8) is 0 Å². The van der Waals surface area contributed by atoms with Gasteiger partial charge in [0.2, 0.25) is 0 Å². The lowest BCUT2D eigenvalue weighted by atomic mass is 10.2. The summed E-state index contributed by atoms with van der Waals surface area (Å²) >= 11 is 6.23. The molecule has 2 unspecified atom stereocenters. The quantitative estimate of drug-likeness (QED) is 0.682. The summed E-state index contributed by atoms with van der Waals surface area (Å²) in [5.41, 5.74) is 7.37. The van der Waals surface area contributed by atoms with Crippen LogP contribution in [0, 0.1) is 0 Å². The molecule has 2 aromatic rings. The van der Waals surface area contributed by atoms with Crippen LogP contribution >= 0.6 is 11.6 Å². The Balaban J connectivity index is 1.73. The Morgan fingerprint density at radius 3 is 2.45 bits per heavy atom. The standard InChI is InChI=1S/C16H17ClN4O/c17-14-7-15(21-12-5-6-13(21)9-22-8-12)20-16(19-14)10-1-3-11(18)4-2-10/h1-4,7,12-13H,5-6,8-9,18H2. The summed E-state index contributed by atoms with van der Waals surface area (Å²) < 4.78 is 5.63. The zero-order valence-corrected chi connectivity index (χ0v) is 12.8. The van der Waals surface area contributed by atoms with E-state index in [0.717, 1.165) is 43.1 Å². The Bertz CT molecular complexity index is 675. The van der Waals surface area contributed by atoms with Crippen LogP contribution in [0.25, 0.3) is 11.4 Å². The average molecular weight is 317 g/mol. The average Bonchev–Trinajstić information content (AvgIpc) is 2.77. The van der Waals surface area contributed by atoms with Gasteiger partial charge in [0, 0.05) is 17.3 Å². The number of hydrogen-bond acceptors (Lipinski definition) is 5. The third-order valence-corrected chi connectivity index (χ3v) is 4.55. The molecule has 0 radical (unpaired) electrons. The second-order valence-electron chi connectivity index (χ2n) is 5.82. The van der Waals surface area contributed by atoms with E-state index in [-0.39, 0.29) is 0 Å². The monoisotopic (exact) mass is 316 g/mol. The molecular weight excluding hydrogens is 300 g/mol. The second kappa shape index (κ2) is 5.41. The number of morpholine rings is 1. The number of nitrogens with two attached hydrogens (primary N) is 1. The van der Waals surface area contributed by atoms with Gasteiger partial charge in [-0.25, -0.2) is 9.97 Å². The van der Waals surface area contributed by atoms with E-state index >= 15 is 0 Å². The Morgan fingerprint density at radius 2 is 1.77 bits per heavy atom. The fraction of sp³-hybridized carbons (Fsp3) is 0.375. The van der Waals surface area contributed by atoms with Gasteiger partial charge in [-0.1, -0.05) is 11.6 Å². The summed E-state index contributed by atoms with van der Waals surface area (Å²) in [6.45, 7) is 1.52. The molecule has 2 aliphatic rings. The number of anilines is 2. The summed E-state index contributed by atoms with van der Waals surface area (Å²) in [6, 6.07) is 10.2. The first-order chi connectivity index (χ1) is 10.7. The van der Waals surface area contributed by atoms with Crippen molar-refractivity contribution in [1.82, 2.24) is 9.97 Å². The van der Waals surface area contributed by atoms with Crippen molar-refractivity contribution < 1.29 is 4.74 Å². The smallest absolute Gasteiger partial charge is 0.163 e. The van der Waals surface area contributed by atoms with Crippen molar-refractivity contribution in [1.29, 1.82) is 0 Å². The van der Waals surface area contributed by atoms with Gasteiger partial charge in [-0.05, 0) is 37.1 Å². The molecule has 1 aromatic carbocycles. The van der Waals surface area contributed by atoms with Crippen molar-refractivity contribution >= 4 is 23.1 Å². The number of rotatable bonds is 2. The molecule has 4 rings (SSSR count). The maximum atomic E-state index is 6.23. The Morgan fingerprint density at radius 1 is 1.09 bits per heavy atom. The molecule has 114 valence electrons. The number of nitrogen functional groups attached to an aromatic ring is 1. The Kier molecular flexibility index (Phi) is 3.39. The zero-order valence-electron chi connectivity index (χ0n) is 12.1. The Labute approximate surface area is 134 Å². The molecule has 2 aliphatic heterocycles. The normalized spacial score (nSPS) is 23.8. The molecule has 2 bridgehead atoms. The summed E-state index contributed by atoms with van der Waals surface area (Å²) in [5, 5.41) is 0.461. The van der Waals surface area contributed by atoms with Gasteiger partial charge in [-0.3, -0.25) is 0 Å². The molecule has 0 saturated carbocycles. The van der Waals surface area contributed by atoms with E-state index in [4.69, 9.17) is 27.1 Å². The third-order valence-electron chi connectivity index (χ3n) is 4.36. The van der Waals surface area contributed by atoms with Crippen LogP contribution < -0.4 is 10.6 Å². The fourth-order valence-corrected chi connectivity index (χ4v) is 3.48. The number of ether oxygens (including phenoxy) is 1. The van der Waals surface area contributed by atoms with Crippen LogP contribution in [0.1, 0.15) is 12.8 Å². The number of fused-ring (bicyclic) bond motifs is 2. The van der Waals surface area contributed by atoms with Crippen molar-refractivity contribution in [3.8, 4) is 11.4 Å². The van der Waals surface area contributed by atoms with Crippen molar-refractivity contribution in [3.05, 3.63) is 35.5 Å². The first kappa shape index (κ1) is 13.8. The number of halogens is 1. The largest absolute Gasteiger partial charge is 0.399 e. The van der Waals surface area contributed by atoms with E-state index in [1.54, 1.807) is 0 Å². The Hall–Kier alpha value is -1.85. The van der Waals surface area contributed by atoms with Crippen LogP contribution in [0.5, 0.6) is 0 Å². The molecule has 2 saturated heterocycles. The molecule has 2 atom stereocenters. The number of benzene rings is 1. The maximum Gasteiger partial charge on any atom is 0.163 e. The highest BCUT2D eigenvalue weighted by atomic mass is 35.5. The van der Waals surface area contributed by atoms with Crippen molar-refractivity contribution in [2.45, 2.75) is 24.9 Å². The molecule has 2 N–H and O–H groups in total. The van der Waals surface area contributed by atoms with E-state index in [9.17, 15) is 0 Å². The van der Waals surface area contributed by atoms with Gasteiger partial charge >= 0.3 is 0 Å². The zero-order chi connectivity index (χ0) is 15.1. The van der Waals surface area contributed by atoms with Crippen LogP contribution in [-0.4, -0.2) is 35.3 Å². The molecule has 3 heterocycles. The lowest BCUT2D eigenvalue weighted by Crippen LogP contribution is -2.46. The van der Waals surface area contributed by atoms with Gasteiger partial charge < -0.3 is 15.4 Å². The molecule has 6 heteroatoms. The topological polar surface area (TPSA) is 64.3 Å². The van der Waals surface area contributed by atoms with Gasteiger partial charge in [0.25, 0.3) is 0 Å². The van der Waals surface area contributed by atoms with Gasteiger partial charge in [0.05, 0.1) is 25.3 Å². The lowest BCUT2D eigenvalue weighted by Gasteiger charge is -2.35. The number of nitrogens with zero attached hydrogens (tertiary/aromatic N) is 3. The highest BCUT2D eigenvalue weighted by Gasteiger charge is 2.38. The van der Waals surface area contributed by atoms with E-state index in [1.165, 1.54) is 0 Å². The van der Waals surface area contributed by atoms with Crippen molar-refractivity contribution in [2.75, 3.05) is 23.8 Å². The first-order valence-electron chi connectivity index (χ1n) is 7.47. The molecule has 22 heavy (non-hydrogen) atoms. The molecule has 1 aromatic heterocycles. The predicted octanol–water partition coefficient (Wildman–Crippen LogP) is 2.75. The molecule has 2 fully saturated rings. The van der Waals surface area contributed by atoms with Gasteiger partial charge in [0.15, 0.2) is 5.82 Å². The van der Waals surface area contributed by atoms with Gasteiger partial charge in [0.1, 0.15) is 11.0 Å². The van der Waals surface area contributed by atoms with Crippen LogP contribution in [0.3, 0.4) is 0 Å². The minimum atomic E-state index is 0.393. The van der Waals surface area contributed by atoms with Gasteiger partial charge in [-0.2, -0.15) is 0 Å². The molecule has 0 amide bonds. The van der Waals surface area contributed by atoms with E-state index < -0.39 is 0 Å². The van der Waals surface area contributed by atoms with E-state index in [0.29, 0.717) is 23.1 Å². The molecule has 0 spiro atoms. The lowest BCUT2D eigenvalue weighted by molar-refractivity contribution is 0.0902. The third kappa shape index (κ3) is 2.40. The summed E-state index contributed by atoms with van der Waals surface area (Å²) in [5.74, 6) is 1.52. The first-order valence-corrected chi connectivity index (χ1v) is 7.85. The number of hydrogen-bond donors (Lipinski definition) is 1. The van der Waals surface area contributed by atoms with Crippen LogP contribution in [0.2, 0.25) is 5.15 Å². The molecule has 0 aliphatic carbocycles. The van der Waals surface area contributed by atoms with Crippen LogP contribution in [0.15, 0.2) is 30.3 Å². The highest BCUT2D eigenvalue weighted by molar-refractivity contribution is 6.29. The van der Waals surface area contributed by atoms with Crippen LogP contribution in [-0.2, 0) is 4.74 Å². The fourth-order valence-electron chi connectivity index (χ4n) is 3.30. The minimum absolute atomic E-state index is 0.393. The summed E-state index contributed by atoms with van der Waals surface area (Å²) in [7, 11) is 0. The molecule has 5 nitrogen and oxygen atoms in total. The maximum absolute atomic E-state index is 6.23. The minimum Gasteiger partial charge on any atom is -0.399 e. The van der Waals surface area contributed by atoms with E-state index in [1.807, 2.05) is 30.3 Å². The molecular formula is C16H17ClN4O.